The van der Waals surface area contributed by atoms with Crippen molar-refractivity contribution in [1.29, 1.82) is 5.26 Å². The van der Waals surface area contributed by atoms with Crippen LogP contribution in [0.1, 0.15) is 27.9 Å². The maximum absolute atomic E-state index is 12.8. The van der Waals surface area contributed by atoms with Gasteiger partial charge in [0.1, 0.15) is 5.75 Å². The minimum Gasteiger partial charge on any atom is -0.497 e. The Hall–Kier alpha value is -3.63. The van der Waals surface area contributed by atoms with E-state index in [0.717, 1.165) is 16.9 Å². The standard InChI is InChI=1S/C25H25N3O4/c1-31-21-8-6-17(7-9-21)16-28-22(23(32-2)25(28)30)19-10-12-27(13-11-19)24(29)20-5-3-4-18(14-20)15-26/h3-10,14,22-23H,11-13,16H2,1-2H3/t22-,23+/m0/s1. The van der Waals surface area contributed by atoms with E-state index in [1.807, 2.05) is 35.2 Å². The molecule has 7 heteroatoms. The van der Waals surface area contributed by atoms with E-state index in [0.29, 0.717) is 37.2 Å². The van der Waals surface area contributed by atoms with Gasteiger partial charge in [0.25, 0.3) is 11.8 Å². The van der Waals surface area contributed by atoms with Gasteiger partial charge in [-0.2, -0.15) is 5.26 Å². The lowest BCUT2D eigenvalue weighted by molar-refractivity contribution is -0.168. The molecule has 0 N–H and O–H groups in total. The predicted octanol–water partition coefficient (Wildman–Crippen LogP) is 2.77. The van der Waals surface area contributed by atoms with Crippen molar-refractivity contribution in [3.05, 3.63) is 76.9 Å². The minimum absolute atomic E-state index is 0.0268. The van der Waals surface area contributed by atoms with Crippen molar-refractivity contribution in [3.8, 4) is 11.8 Å². The lowest BCUT2D eigenvalue weighted by Crippen LogP contribution is -2.66. The van der Waals surface area contributed by atoms with Crippen LogP contribution in [0.25, 0.3) is 0 Å². The first-order valence-electron chi connectivity index (χ1n) is 10.5. The van der Waals surface area contributed by atoms with Crippen LogP contribution in [0.15, 0.2) is 60.2 Å². The number of hydrogen-bond donors (Lipinski definition) is 0. The number of rotatable bonds is 6. The maximum atomic E-state index is 12.8. The third kappa shape index (κ3) is 4.10. The van der Waals surface area contributed by atoms with E-state index in [4.69, 9.17) is 14.7 Å². The van der Waals surface area contributed by atoms with Crippen molar-refractivity contribution in [1.82, 2.24) is 9.80 Å². The first kappa shape index (κ1) is 21.6. The molecule has 0 aromatic heterocycles. The van der Waals surface area contributed by atoms with E-state index < -0.39 is 6.10 Å². The molecule has 2 aliphatic rings. The van der Waals surface area contributed by atoms with Crippen molar-refractivity contribution >= 4 is 11.8 Å². The first-order chi connectivity index (χ1) is 15.5. The molecule has 2 heterocycles. The van der Waals surface area contributed by atoms with Gasteiger partial charge >= 0.3 is 0 Å². The van der Waals surface area contributed by atoms with Crippen molar-refractivity contribution in [2.45, 2.75) is 25.1 Å². The van der Waals surface area contributed by atoms with E-state index in [1.165, 1.54) is 0 Å². The van der Waals surface area contributed by atoms with Gasteiger partial charge in [-0.25, -0.2) is 0 Å². The second kappa shape index (κ2) is 9.25. The second-order valence-corrected chi connectivity index (χ2v) is 7.89. The zero-order valence-corrected chi connectivity index (χ0v) is 18.2. The van der Waals surface area contributed by atoms with E-state index >= 15 is 0 Å². The number of carbonyl (C=O) groups excluding carboxylic acids is 2. The Morgan fingerprint density at radius 2 is 1.97 bits per heavy atom. The molecular weight excluding hydrogens is 406 g/mol. The number of carbonyl (C=O) groups is 2. The zero-order chi connectivity index (χ0) is 22.7. The number of nitriles is 1. The molecule has 2 amide bonds. The van der Waals surface area contributed by atoms with Crippen LogP contribution in [-0.2, 0) is 16.1 Å². The van der Waals surface area contributed by atoms with Crippen LogP contribution in [0, 0.1) is 11.3 Å². The normalized spacial score (nSPS) is 20.3. The number of β-lactam (4-membered cyclic amide) rings is 1. The summed E-state index contributed by atoms with van der Waals surface area (Å²) in [6, 6.07) is 16.3. The number of likely N-dealkylation sites (tertiary alicyclic amines) is 1. The lowest BCUT2D eigenvalue weighted by atomic mass is 9.86. The van der Waals surface area contributed by atoms with Crippen molar-refractivity contribution in [3.63, 3.8) is 0 Å². The molecule has 4 rings (SSSR count). The molecule has 2 aromatic carbocycles. The molecule has 32 heavy (non-hydrogen) atoms. The average molecular weight is 431 g/mol. The largest absolute Gasteiger partial charge is 0.497 e. The van der Waals surface area contributed by atoms with Gasteiger partial charge in [-0.1, -0.05) is 24.3 Å². The van der Waals surface area contributed by atoms with Gasteiger partial charge in [0, 0.05) is 32.3 Å². The molecule has 0 radical (unpaired) electrons. The summed E-state index contributed by atoms with van der Waals surface area (Å²) < 4.78 is 10.7. The smallest absolute Gasteiger partial charge is 0.255 e. The van der Waals surface area contributed by atoms with Crippen LogP contribution < -0.4 is 4.74 Å². The Labute approximate surface area is 187 Å². The summed E-state index contributed by atoms with van der Waals surface area (Å²) in [4.78, 5) is 29.1. The van der Waals surface area contributed by atoms with E-state index in [2.05, 4.69) is 6.07 Å². The van der Waals surface area contributed by atoms with Crippen LogP contribution in [-0.4, -0.2) is 61.1 Å². The fraction of sp³-hybridized carbons (Fsp3) is 0.320. The zero-order valence-electron chi connectivity index (χ0n) is 18.2. The van der Waals surface area contributed by atoms with Crippen LogP contribution in [0.5, 0.6) is 5.75 Å². The summed E-state index contributed by atoms with van der Waals surface area (Å²) in [7, 11) is 3.18. The van der Waals surface area contributed by atoms with Crippen LogP contribution in [0.2, 0.25) is 0 Å². The predicted molar refractivity (Wildman–Crippen MR) is 118 cm³/mol. The highest BCUT2D eigenvalue weighted by molar-refractivity contribution is 5.95. The molecule has 0 saturated carbocycles. The summed E-state index contributed by atoms with van der Waals surface area (Å²) in [5.41, 5.74) is 3.11. The molecule has 1 saturated heterocycles. The summed E-state index contributed by atoms with van der Waals surface area (Å²) in [6.07, 6.45) is 2.20. The third-order valence-corrected chi connectivity index (χ3v) is 6.06. The number of nitrogens with zero attached hydrogens (tertiary/aromatic N) is 3. The number of methoxy groups -OCH3 is 2. The second-order valence-electron chi connectivity index (χ2n) is 7.89. The van der Waals surface area contributed by atoms with E-state index in [9.17, 15) is 9.59 Å². The van der Waals surface area contributed by atoms with Gasteiger partial charge in [-0.05, 0) is 47.9 Å². The fourth-order valence-electron chi connectivity index (χ4n) is 4.29. The van der Waals surface area contributed by atoms with Crippen molar-refractivity contribution < 1.29 is 19.1 Å². The van der Waals surface area contributed by atoms with Crippen LogP contribution >= 0.6 is 0 Å². The molecule has 0 aliphatic carbocycles. The fourth-order valence-corrected chi connectivity index (χ4v) is 4.29. The van der Waals surface area contributed by atoms with Crippen molar-refractivity contribution in [2.24, 2.45) is 0 Å². The number of ether oxygens (including phenoxy) is 2. The molecule has 2 atom stereocenters. The Morgan fingerprint density at radius 1 is 1.19 bits per heavy atom. The molecule has 7 nitrogen and oxygen atoms in total. The van der Waals surface area contributed by atoms with Gasteiger partial charge in [-0.3, -0.25) is 9.59 Å². The van der Waals surface area contributed by atoms with E-state index in [1.54, 1.807) is 43.4 Å². The van der Waals surface area contributed by atoms with Crippen molar-refractivity contribution in [2.75, 3.05) is 27.3 Å². The molecule has 0 bridgehead atoms. The molecule has 2 aliphatic heterocycles. The monoisotopic (exact) mass is 431 g/mol. The van der Waals surface area contributed by atoms with Gasteiger partial charge < -0.3 is 19.3 Å². The number of amides is 2. The van der Waals surface area contributed by atoms with Gasteiger partial charge in [-0.15, -0.1) is 0 Å². The molecular formula is C25H25N3O4. The molecule has 0 unspecified atom stereocenters. The topological polar surface area (TPSA) is 82.9 Å². The maximum Gasteiger partial charge on any atom is 0.255 e. The SMILES string of the molecule is COc1ccc(CN2C(=O)[C@H](OC)[C@@H]2C2=CCN(C(=O)c3cccc(C#N)c3)CC2)cc1. The van der Waals surface area contributed by atoms with Crippen LogP contribution in [0.3, 0.4) is 0 Å². The van der Waals surface area contributed by atoms with E-state index in [-0.39, 0.29) is 17.9 Å². The average Bonchev–Trinajstić information content (AvgIpc) is 2.85. The minimum atomic E-state index is -0.492. The Kier molecular flexibility index (Phi) is 6.24. The summed E-state index contributed by atoms with van der Waals surface area (Å²) >= 11 is 0. The lowest BCUT2D eigenvalue weighted by Gasteiger charge is -2.48. The van der Waals surface area contributed by atoms with Gasteiger partial charge in [0.05, 0.1) is 24.8 Å². The highest BCUT2D eigenvalue weighted by atomic mass is 16.5. The van der Waals surface area contributed by atoms with Gasteiger partial charge in [0.2, 0.25) is 0 Å². The number of benzene rings is 2. The highest BCUT2D eigenvalue weighted by Gasteiger charge is 2.49. The molecule has 1 fully saturated rings. The highest BCUT2D eigenvalue weighted by Crippen LogP contribution is 2.33. The first-order valence-corrected chi connectivity index (χ1v) is 10.5. The summed E-state index contributed by atoms with van der Waals surface area (Å²) in [6.45, 7) is 1.51. The Bertz CT molecular complexity index is 1090. The molecule has 2 aromatic rings. The molecule has 164 valence electrons. The van der Waals surface area contributed by atoms with Gasteiger partial charge in [0.15, 0.2) is 6.10 Å². The number of hydrogen-bond acceptors (Lipinski definition) is 5. The quantitative estimate of drug-likeness (QED) is 0.519. The third-order valence-electron chi connectivity index (χ3n) is 6.06. The Balaban J connectivity index is 1.46. The van der Waals surface area contributed by atoms with Crippen LogP contribution in [0.4, 0.5) is 0 Å². The summed E-state index contributed by atoms with van der Waals surface area (Å²) in [5, 5.41) is 9.08. The summed E-state index contributed by atoms with van der Waals surface area (Å²) in [5.74, 6) is 0.650. The molecule has 0 spiro atoms. The Morgan fingerprint density at radius 3 is 2.59 bits per heavy atom.